The lowest BCUT2D eigenvalue weighted by molar-refractivity contribution is 0.0954. The number of aromatic amines is 1. The van der Waals surface area contributed by atoms with Crippen LogP contribution in [-0.4, -0.2) is 22.6 Å². The first-order valence-corrected chi connectivity index (χ1v) is 5.64. The van der Waals surface area contributed by atoms with Gasteiger partial charge in [0.05, 0.1) is 11.7 Å². The maximum Gasteiger partial charge on any atom is 0.251 e. The lowest BCUT2D eigenvalue weighted by Crippen LogP contribution is -2.23. The second-order valence-electron chi connectivity index (χ2n) is 3.79. The molecule has 0 fully saturated rings. The highest BCUT2D eigenvalue weighted by molar-refractivity contribution is 5.97. The van der Waals surface area contributed by atoms with E-state index in [2.05, 4.69) is 15.5 Å². The van der Waals surface area contributed by atoms with E-state index in [-0.39, 0.29) is 5.91 Å². The van der Waals surface area contributed by atoms with E-state index in [1.165, 1.54) is 0 Å². The minimum absolute atomic E-state index is 0.0500. The molecule has 2 rings (SSSR count). The number of allylic oxidation sites excluding steroid dienone is 1. The summed E-state index contributed by atoms with van der Waals surface area (Å²) in [7, 11) is 0. The molecular formula is C13H15N3O. The van der Waals surface area contributed by atoms with Crippen molar-refractivity contribution in [2.75, 3.05) is 6.54 Å². The molecule has 1 aromatic heterocycles. The van der Waals surface area contributed by atoms with Crippen LogP contribution in [0.15, 0.2) is 36.5 Å². The highest BCUT2D eigenvalue weighted by atomic mass is 16.1. The van der Waals surface area contributed by atoms with E-state index in [0.717, 1.165) is 17.3 Å². The summed E-state index contributed by atoms with van der Waals surface area (Å²) in [6, 6.07) is 5.51. The van der Waals surface area contributed by atoms with Crippen LogP contribution in [0.1, 0.15) is 23.7 Å². The standard InChI is InChI=1S/C13H15N3O/c1-2-3-4-7-14-13(17)10-5-6-11-9-15-16-12(11)8-10/h2-3,5-6,8-9H,4,7H2,1H3,(H,14,17)(H,15,16)/b3-2+. The Bertz CT molecular complexity index is 542. The summed E-state index contributed by atoms with van der Waals surface area (Å²) in [4.78, 5) is 11.8. The van der Waals surface area contributed by atoms with Crippen molar-refractivity contribution in [3.8, 4) is 0 Å². The van der Waals surface area contributed by atoms with Gasteiger partial charge in [0, 0.05) is 17.5 Å². The maximum atomic E-state index is 11.8. The summed E-state index contributed by atoms with van der Waals surface area (Å²) < 4.78 is 0. The van der Waals surface area contributed by atoms with Crippen LogP contribution in [0.3, 0.4) is 0 Å². The van der Waals surface area contributed by atoms with E-state index in [0.29, 0.717) is 12.1 Å². The average Bonchev–Trinajstić information content (AvgIpc) is 2.81. The molecule has 4 heteroatoms. The lowest BCUT2D eigenvalue weighted by atomic mass is 10.1. The predicted octanol–water partition coefficient (Wildman–Crippen LogP) is 2.26. The van der Waals surface area contributed by atoms with Crippen LogP contribution in [0.25, 0.3) is 10.9 Å². The third-order valence-electron chi connectivity index (χ3n) is 2.54. The molecule has 1 aromatic carbocycles. The van der Waals surface area contributed by atoms with Gasteiger partial charge in [0.15, 0.2) is 0 Å². The summed E-state index contributed by atoms with van der Waals surface area (Å²) >= 11 is 0. The SMILES string of the molecule is C/C=C/CCNC(=O)c1ccc2cn[nH]c2c1. The fourth-order valence-corrected chi connectivity index (χ4v) is 1.62. The highest BCUT2D eigenvalue weighted by Gasteiger charge is 2.05. The molecule has 0 saturated carbocycles. The fraction of sp³-hybridized carbons (Fsp3) is 0.231. The van der Waals surface area contributed by atoms with Crippen molar-refractivity contribution in [1.29, 1.82) is 0 Å². The molecule has 1 amide bonds. The molecule has 0 radical (unpaired) electrons. The van der Waals surface area contributed by atoms with Crippen LogP contribution in [0.2, 0.25) is 0 Å². The summed E-state index contributed by atoms with van der Waals surface area (Å²) in [5, 5.41) is 10.6. The van der Waals surface area contributed by atoms with Gasteiger partial charge in [0.1, 0.15) is 0 Å². The quantitative estimate of drug-likeness (QED) is 0.624. The zero-order valence-corrected chi connectivity index (χ0v) is 9.73. The molecule has 88 valence electrons. The largest absolute Gasteiger partial charge is 0.352 e. The molecule has 17 heavy (non-hydrogen) atoms. The van der Waals surface area contributed by atoms with Crippen LogP contribution in [0.5, 0.6) is 0 Å². The minimum Gasteiger partial charge on any atom is -0.352 e. The Labute approximate surface area is 99.7 Å². The van der Waals surface area contributed by atoms with Crippen molar-refractivity contribution < 1.29 is 4.79 Å². The number of fused-ring (bicyclic) bond motifs is 1. The van der Waals surface area contributed by atoms with Crippen molar-refractivity contribution in [1.82, 2.24) is 15.5 Å². The Balaban J connectivity index is 2.03. The Morgan fingerprint density at radius 1 is 1.53 bits per heavy atom. The van der Waals surface area contributed by atoms with E-state index >= 15 is 0 Å². The van der Waals surface area contributed by atoms with Crippen LogP contribution in [0, 0.1) is 0 Å². The molecule has 2 aromatic rings. The number of carbonyl (C=O) groups is 1. The smallest absolute Gasteiger partial charge is 0.251 e. The van der Waals surface area contributed by atoms with Gasteiger partial charge in [-0.05, 0) is 25.5 Å². The van der Waals surface area contributed by atoms with Crippen molar-refractivity contribution in [3.63, 3.8) is 0 Å². The van der Waals surface area contributed by atoms with Crippen molar-refractivity contribution in [2.24, 2.45) is 0 Å². The van der Waals surface area contributed by atoms with E-state index < -0.39 is 0 Å². The monoisotopic (exact) mass is 229 g/mol. The van der Waals surface area contributed by atoms with E-state index in [9.17, 15) is 4.79 Å². The topological polar surface area (TPSA) is 57.8 Å². The number of carbonyl (C=O) groups excluding carboxylic acids is 1. The van der Waals surface area contributed by atoms with Gasteiger partial charge in [-0.15, -0.1) is 0 Å². The van der Waals surface area contributed by atoms with Gasteiger partial charge in [0.2, 0.25) is 0 Å². The highest BCUT2D eigenvalue weighted by Crippen LogP contribution is 2.12. The number of benzene rings is 1. The molecule has 0 unspecified atom stereocenters. The molecule has 0 spiro atoms. The number of aromatic nitrogens is 2. The average molecular weight is 229 g/mol. The van der Waals surface area contributed by atoms with Gasteiger partial charge in [-0.3, -0.25) is 9.89 Å². The normalized spacial score (nSPS) is 11.1. The number of hydrogen-bond acceptors (Lipinski definition) is 2. The van der Waals surface area contributed by atoms with Crippen LogP contribution >= 0.6 is 0 Å². The Morgan fingerprint density at radius 3 is 3.24 bits per heavy atom. The first kappa shape index (κ1) is 11.4. The van der Waals surface area contributed by atoms with E-state index in [1.807, 2.05) is 37.3 Å². The minimum atomic E-state index is -0.0500. The van der Waals surface area contributed by atoms with Gasteiger partial charge in [-0.2, -0.15) is 5.10 Å². The molecule has 0 bridgehead atoms. The van der Waals surface area contributed by atoms with Crippen molar-refractivity contribution in [3.05, 3.63) is 42.1 Å². The zero-order valence-electron chi connectivity index (χ0n) is 9.73. The Kier molecular flexibility index (Phi) is 3.55. The molecule has 0 aliphatic heterocycles. The zero-order chi connectivity index (χ0) is 12.1. The molecule has 4 nitrogen and oxygen atoms in total. The molecule has 0 atom stereocenters. The van der Waals surface area contributed by atoms with E-state index in [1.54, 1.807) is 6.20 Å². The molecular weight excluding hydrogens is 214 g/mol. The fourth-order valence-electron chi connectivity index (χ4n) is 1.62. The van der Waals surface area contributed by atoms with Gasteiger partial charge < -0.3 is 5.32 Å². The first-order valence-electron chi connectivity index (χ1n) is 5.64. The molecule has 0 saturated heterocycles. The summed E-state index contributed by atoms with van der Waals surface area (Å²) in [5.74, 6) is -0.0500. The second kappa shape index (κ2) is 5.30. The van der Waals surface area contributed by atoms with Crippen LogP contribution in [0.4, 0.5) is 0 Å². The number of nitrogens with zero attached hydrogens (tertiary/aromatic N) is 1. The number of rotatable bonds is 4. The Morgan fingerprint density at radius 2 is 2.41 bits per heavy atom. The van der Waals surface area contributed by atoms with Crippen LogP contribution in [-0.2, 0) is 0 Å². The third-order valence-corrected chi connectivity index (χ3v) is 2.54. The van der Waals surface area contributed by atoms with E-state index in [4.69, 9.17) is 0 Å². The number of hydrogen-bond donors (Lipinski definition) is 2. The maximum absolute atomic E-state index is 11.8. The first-order chi connectivity index (χ1) is 8.31. The summed E-state index contributed by atoms with van der Waals surface area (Å²) in [5.41, 5.74) is 1.54. The molecule has 0 aliphatic carbocycles. The van der Waals surface area contributed by atoms with Gasteiger partial charge >= 0.3 is 0 Å². The Hall–Kier alpha value is -2.10. The van der Waals surface area contributed by atoms with Crippen molar-refractivity contribution in [2.45, 2.75) is 13.3 Å². The number of nitrogens with one attached hydrogen (secondary N) is 2. The molecule has 0 aliphatic rings. The summed E-state index contributed by atoms with van der Waals surface area (Å²) in [6.07, 6.45) is 6.60. The number of H-pyrrole nitrogens is 1. The molecule has 1 heterocycles. The van der Waals surface area contributed by atoms with Gasteiger partial charge in [-0.25, -0.2) is 0 Å². The lowest BCUT2D eigenvalue weighted by Gasteiger charge is -2.03. The van der Waals surface area contributed by atoms with Crippen molar-refractivity contribution >= 4 is 16.8 Å². The van der Waals surface area contributed by atoms with Gasteiger partial charge in [-0.1, -0.05) is 18.2 Å². The summed E-state index contributed by atoms with van der Waals surface area (Å²) in [6.45, 7) is 2.62. The van der Waals surface area contributed by atoms with Crippen LogP contribution < -0.4 is 5.32 Å². The third kappa shape index (κ3) is 2.72. The second-order valence-corrected chi connectivity index (χ2v) is 3.79. The van der Waals surface area contributed by atoms with Gasteiger partial charge in [0.25, 0.3) is 5.91 Å². The predicted molar refractivity (Wildman–Crippen MR) is 67.9 cm³/mol. The number of amides is 1. The molecule has 2 N–H and O–H groups in total.